The second kappa shape index (κ2) is 11.7. The number of ketones is 1. The van der Waals surface area contributed by atoms with Crippen LogP contribution in [0, 0.1) is 5.92 Å². The van der Waals surface area contributed by atoms with Gasteiger partial charge in [0, 0.05) is 25.1 Å². The summed E-state index contributed by atoms with van der Waals surface area (Å²) in [6.07, 6.45) is 2.43. The van der Waals surface area contributed by atoms with Crippen molar-refractivity contribution in [1.29, 1.82) is 0 Å². The third-order valence-corrected chi connectivity index (χ3v) is 5.06. The Morgan fingerprint density at radius 3 is 2.66 bits per heavy atom. The third kappa shape index (κ3) is 7.95. The van der Waals surface area contributed by atoms with E-state index in [1.807, 2.05) is 44.1 Å². The minimum atomic E-state index is -0.542. The largest absolute Gasteiger partial charge is 0.368 e. The minimum Gasteiger partial charge on any atom is -0.368 e. The summed E-state index contributed by atoms with van der Waals surface area (Å²) in [6, 6.07) is 8.56. The van der Waals surface area contributed by atoms with E-state index in [0.29, 0.717) is 24.9 Å². The van der Waals surface area contributed by atoms with E-state index < -0.39 is 6.04 Å². The molecule has 3 unspecified atom stereocenters. The predicted octanol–water partition coefficient (Wildman–Crippen LogP) is 1.63. The first-order valence-electron chi connectivity index (χ1n) is 10.3. The number of carbonyl (C=O) groups is 3. The Hall–Kier alpha value is -2.25. The van der Waals surface area contributed by atoms with Crippen molar-refractivity contribution in [2.24, 2.45) is 5.92 Å². The first-order chi connectivity index (χ1) is 13.9. The highest BCUT2D eigenvalue weighted by Gasteiger charge is 2.36. The van der Waals surface area contributed by atoms with Gasteiger partial charge in [-0.25, -0.2) is 0 Å². The Kier molecular flexibility index (Phi) is 9.28. The molecule has 0 saturated carbocycles. The molecule has 1 fully saturated rings. The van der Waals surface area contributed by atoms with Crippen LogP contribution in [0.25, 0.3) is 0 Å². The van der Waals surface area contributed by atoms with Gasteiger partial charge in [-0.3, -0.25) is 14.4 Å². The lowest BCUT2D eigenvalue weighted by atomic mass is 10.00. The van der Waals surface area contributed by atoms with Crippen LogP contribution >= 0.6 is 0 Å². The van der Waals surface area contributed by atoms with Crippen molar-refractivity contribution < 1.29 is 19.1 Å². The van der Waals surface area contributed by atoms with Crippen LogP contribution in [0.3, 0.4) is 0 Å². The number of hydrogen-bond acceptors (Lipinski definition) is 5. The van der Waals surface area contributed by atoms with Crippen molar-refractivity contribution in [2.45, 2.75) is 44.8 Å². The SMILES string of the molecule is CC(CCCNC(=O)c1ccccc1)CC(=O)NC1C(=O)COC1CCN(C)C. The molecule has 0 aromatic heterocycles. The normalized spacial score (nSPS) is 19.9. The number of benzene rings is 1. The molecule has 1 aromatic carbocycles. The summed E-state index contributed by atoms with van der Waals surface area (Å²) in [5, 5.41) is 5.76. The molecule has 1 aliphatic rings. The predicted molar refractivity (Wildman–Crippen MR) is 112 cm³/mol. The number of nitrogens with zero attached hydrogens (tertiary/aromatic N) is 1. The fraction of sp³-hybridized carbons (Fsp3) is 0.591. The van der Waals surface area contributed by atoms with Gasteiger partial charge in [-0.05, 0) is 51.4 Å². The fourth-order valence-electron chi connectivity index (χ4n) is 3.39. The molecule has 1 heterocycles. The highest BCUT2D eigenvalue weighted by molar-refractivity contribution is 5.94. The molecule has 1 aliphatic heterocycles. The van der Waals surface area contributed by atoms with Gasteiger partial charge < -0.3 is 20.3 Å². The van der Waals surface area contributed by atoms with E-state index >= 15 is 0 Å². The molecule has 2 amide bonds. The molecule has 1 saturated heterocycles. The lowest BCUT2D eigenvalue weighted by molar-refractivity contribution is -0.127. The molecule has 7 heteroatoms. The van der Waals surface area contributed by atoms with E-state index in [1.165, 1.54) is 0 Å². The monoisotopic (exact) mass is 403 g/mol. The van der Waals surface area contributed by atoms with Crippen LogP contribution in [0.1, 0.15) is 43.0 Å². The Balaban J connectivity index is 1.66. The maximum Gasteiger partial charge on any atom is 0.251 e. The Bertz CT molecular complexity index is 678. The average Bonchev–Trinajstić information content (AvgIpc) is 3.03. The molecular formula is C22H33N3O4. The zero-order valence-electron chi connectivity index (χ0n) is 17.6. The van der Waals surface area contributed by atoms with Crippen molar-refractivity contribution in [3.8, 4) is 0 Å². The van der Waals surface area contributed by atoms with Crippen LogP contribution in [0.2, 0.25) is 0 Å². The summed E-state index contributed by atoms with van der Waals surface area (Å²) in [6.45, 7) is 3.45. The molecule has 29 heavy (non-hydrogen) atoms. The second-order valence-electron chi connectivity index (χ2n) is 8.03. The van der Waals surface area contributed by atoms with Gasteiger partial charge in [0.1, 0.15) is 12.6 Å². The van der Waals surface area contributed by atoms with E-state index in [4.69, 9.17) is 4.74 Å². The lowest BCUT2D eigenvalue weighted by Gasteiger charge is -2.21. The van der Waals surface area contributed by atoms with Crippen molar-refractivity contribution >= 4 is 17.6 Å². The number of carbonyl (C=O) groups excluding carboxylic acids is 3. The minimum absolute atomic E-state index is 0.0571. The quantitative estimate of drug-likeness (QED) is 0.549. The van der Waals surface area contributed by atoms with Gasteiger partial charge in [0.2, 0.25) is 5.91 Å². The summed E-state index contributed by atoms with van der Waals surface area (Å²) in [4.78, 5) is 38.4. The van der Waals surface area contributed by atoms with Crippen LogP contribution in [0.15, 0.2) is 30.3 Å². The first kappa shape index (κ1) is 23.0. The first-order valence-corrected chi connectivity index (χ1v) is 10.3. The molecule has 2 rings (SSSR count). The number of nitrogens with one attached hydrogen (secondary N) is 2. The van der Waals surface area contributed by atoms with Gasteiger partial charge >= 0.3 is 0 Å². The van der Waals surface area contributed by atoms with E-state index in [9.17, 15) is 14.4 Å². The van der Waals surface area contributed by atoms with E-state index in [1.54, 1.807) is 12.1 Å². The smallest absolute Gasteiger partial charge is 0.251 e. The number of amides is 2. The summed E-state index contributed by atoms with van der Waals surface area (Å²) >= 11 is 0. The maximum atomic E-state index is 12.4. The Morgan fingerprint density at radius 2 is 1.97 bits per heavy atom. The molecule has 0 radical (unpaired) electrons. The zero-order valence-corrected chi connectivity index (χ0v) is 17.6. The van der Waals surface area contributed by atoms with Crippen molar-refractivity contribution in [1.82, 2.24) is 15.5 Å². The third-order valence-electron chi connectivity index (χ3n) is 5.06. The summed E-state index contributed by atoms with van der Waals surface area (Å²) in [5.41, 5.74) is 0.646. The summed E-state index contributed by atoms with van der Waals surface area (Å²) in [5.74, 6) is -0.0938. The number of ether oxygens (including phenoxy) is 1. The Morgan fingerprint density at radius 1 is 1.24 bits per heavy atom. The van der Waals surface area contributed by atoms with Gasteiger partial charge in [0.25, 0.3) is 5.91 Å². The Labute approximate surface area is 173 Å². The standard InChI is InChI=1S/C22H33N3O4/c1-16(8-7-12-23-22(28)17-9-5-4-6-10-17)14-20(27)24-21-18(26)15-29-19(21)11-13-25(2)3/h4-6,9-10,16,19,21H,7-8,11-15H2,1-3H3,(H,23,28)(H,24,27). The van der Waals surface area contributed by atoms with E-state index in [0.717, 1.165) is 19.4 Å². The highest BCUT2D eigenvalue weighted by Crippen LogP contribution is 2.16. The average molecular weight is 404 g/mol. The lowest BCUT2D eigenvalue weighted by Crippen LogP contribution is -2.45. The summed E-state index contributed by atoms with van der Waals surface area (Å²) < 4.78 is 5.54. The van der Waals surface area contributed by atoms with Gasteiger partial charge in [-0.15, -0.1) is 0 Å². The molecule has 2 N–H and O–H groups in total. The van der Waals surface area contributed by atoms with Gasteiger partial charge in [-0.2, -0.15) is 0 Å². The molecule has 7 nitrogen and oxygen atoms in total. The molecule has 0 bridgehead atoms. The van der Waals surface area contributed by atoms with Crippen LogP contribution in [-0.4, -0.2) is 68.4 Å². The molecule has 0 spiro atoms. The van der Waals surface area contributed by atoms with Crippen LogP contribution in [0.5, 0.6) is 0 Å². The topological polar surface area (TPSA) is 87.7 Å². The van der Waals surface area contributed by atoms with Gasteiger partial charge in [0.15, 0.2) is 5.78 Å². The van der Waals surface area contributed by atoms with Crippen molar-refractivity contribution in [3.63, 3.8) is 0 Å². The zero-order chi connectivity index (χ0) is 21.2. The number of rotatable bonds is 11. The molecule has 3 atom stereocenters. The van der Waals surface area contributed by atoms with Crippen molar-refractivity contribution in [3.05, 3.63) is 35.9 Å². The molecule has 0 aliphatic carbocycles. The molecular weight excluding hydrogens is 370 g/mol. The van der Waals surface area contributed by atoms with Crippen LogP contribution < -0.4 is 10.6 Å². The highest BCUT2D eigenvalue weighted by atomic mass is 16.5. The van der Waals surface area contributed by atoms with E-state index in [2.05, 4.69) is 10.6 Å². The maximum absolute atomic E-state index is 12.4. The van der Waals surface area contributed by atoms with Crippen LogP contribution in [0.4, 0.5) is 0 Å². The van der Waals surface area contributed by atoms with E-state index in [-0.39, 0.29) is 36.2 Å². The molecule has 160 valence electrons. The second-order valence-corrected chi connectivity index (χ2v) is 8.03. The fourth-order valence-corrected chi connectivity index (χ4v) is 3.39. The van der Waals surface area contributed by atoms with Crippen LogP contribution in [-0.2, 0) is 14.3 Å². The van der Waals surface area contributed by atoms with Gasteiger partial charge in [0.05, 0.1) is 6.10 Å². The van der Waals surface area contributed by atoms with Crippen molar-refractivity contribution in [2.75, 3.05) is 33.8 Å². The summed E-state index contributed by atoms with van der Waals surface area (Å²) in [7, 11) is 3.93. The number of Topliss-reactive ketones (excluding diaryl/α,β-unsaturated/α-hetero) is 1. The molecule has 1 aromatic rings. The number of hydrogen-bond donors (Lipinski definition) is 2. The van der Waals surface area contributed by atoms with Gasteiger partial charge in [-0.1, -0.05) is 25.1 Å².